The van der Waals surface area contributed by atoms with E-state index in [4.69, 9.17) is 23.7 Å². The molecule has 1 heterocycles. The van der Waals surface area contributed by atoms with Crippen molar-refractivity contribution in [3.63, 3.8) is 0 Å². The zero-order chi connectivity index (χ0) is 23.8. The predicted molar refractivity (Wildman–Crippen MR) is 106 cm³/mol. The average Bonchev–Trinajstić information content (AvgIpc) is 2.70. The molecule has 1 aromatic rings. The lowest BCUT2D eigenvalue weighted by atomic mass is 9.96. The third kappa shape index (κ3) is 7.05. The van der Waals surface area contributed by atoms with Gasteiger partial charge >= 0.3 is 17.9 Å². The minimum absolute atomic E-state index is 0.287. The van der Waals surface area contributed by atoms with Gasteiger partial charge in [-0.1, -0.05) is 0 Å². The standard InChI is InChI=1S/C21H25NO10/c1-11(24)22-18-20(30-14(4)27)19(29-13(3)26)17(10-28-12(2)25)32-21(18)31-16-7-5-15(9-23)6-8-16/h5-9,17-21H,10H2,1-4H3,(H,22,24)/t17-,18+,19+,20-,21-/m1/s1. The summed E-state index contributed by atoms with van der Waals surface area (Å²) in [4.78, 5) is 57.6. The number of benzene rings is 1. The second-order valence-corrected chi connectivity index (χ2v) is 7.02. The zero-order valence-electron chi connectivity index (χ0n) is 18.1. The fourth-order valence-corrected chi connectivity index (χ4v) is 3.15. The molecule has 0 radical (unpaired) electrons. The quantitative estimate of drug-likeness (QED) is 0.338. The van der Waals surface area contributed by atoms with Crippen LogP contribution in [0.15, 0.2) is 24.3 Å². The molecule has 0 unspecified atom stereocenters. The molecule has 1 amide bonds. The molecule has 0 aromatic heterocycles. The van der Waals surface area contributed by atoms with Gasteiger partial charge in [-0.05, 0) is 24.3 Å². The summed E-state index contributed by atoms with van der Waals surface area (Å²) in [6, 6.07) is 4.97. The van der Waals surface area contributed by atoms with Crippen LogP contribution in [0.5, 0.6) is 5.75 Å². The number of esters is 3. The lowest BCUT2D eigenvalue weighted by molar-refractivity contribution is -0.257. The summed E-state index contributed by atoms with van der Waals surface area (Å²) in [5.74, 6) is -2.21. The number of hydrogen-bond donors (Lipinski definition) is 1. The molecule has 0 spiro atoms. The molecule has 1 saturated heterocycles. The lowest BCUT2D eigenvalue weighted by Crippen LogP contribution is -2.67. The molecule has 1 aliphatic rings. The Morgan fingerprint density at radius 2 is 1.53 bits per heavy atom. The van der Waals surface area contributed by atoms with Crippen LogP contribution in [0.4, 0.5) is 0 Å². The second-order valence-electron chi connectivity index (χ2n) is 7.02. The predicted octanol–water partition coefficient (Wildman–Crippen LogP) is 0.534. The van der Waals surface area contributed by atoms with Crippen molar-refractivity contribution in [1.82, 2.24) is 5.32 Å². The minimum atomic E-state index is -1.22. The van der Waals surface area contributed by atoms with Gasteiger partial charge in [0.25, 0.3) is 0 Å². The van der Waals surface area contributed by atoms with Crippen LogP contribution in [0, 0.1) is 0 Å². The summed E-state index contributed by atoms with van der Waals surface area (Å²) >= 11 is 0. The molecule has 1 aliphatic heterocycles. The lowest BCUT2D eigenvalue weighted by Gasteiger charge is -2.44. The van der Waals surface area contributed by atoms with Crippen molar-refractivity contribution < 1.29 is 47.7 Å². The molecular formula is C21H25NO10. The van der Waals surface area contributed by atoms with E-state index < -0.39 is 54.5 Å². The summed E-state index contributed by atoms with van der Waals surface area (Å²) in [6.07, 6.45) is -4.05. The number of hydrogen-bond acceptors (Lipinski definition) is 10. The van der Waals surface area contributed by atoms with Crippen LogP contribution in [0.1, 0.15) is 38.1 Å². The van der Waals surface area contributed by atoms with Crippen molar-refractivity contribution in [2.75, 3.05) is 6.61 Å². The number of carbonyl (C=O) groups is 5. The van der Waals surface area contributed by atoms with Gasteiger partial charge in [0.15, 0.2) is 12.2 Å². The van der Waals surface area contributed by atoms with Crippen molar-refractivity contribution in [3.8, 4) is 5.75 Å². The first-order valence-corrected chi connectivity index (χ1v) is 9.73. The van der Waals surface area contributed by atoms with Crippen molar-refractivity contribution in [3.05, 3.63) is 29.8 Å². The highest BCUT2D eigenvalue weighted by Gasteiger charge is 2.51. The first-order chi connectivity index (χ1) is 15.1. The number of nitrogens with one attached hydrogen (secondary N) is 1. The van der Waals surface area contributed by atoms with Gasteiger partial charge in [0.05, 0.1) is 0 Å². The smallest absolute Gasteiger partial charge is 0.303 e. The highest BCUT2D eigenvalue weighted by Crippen LogP contribution is 2.29. The number of rotatable bonds is 8. The highest BCUT2D eigenvalue weighted by atomic mass is 16.7. The molecule has 0 bridgehead atoms. The third-order valence-corrected chi connectivity index (χ3v) is 4.34. The molecule has 2 rings (SSSR count). The van der Waals surface area contributed by atoms with E-state index in [1.807, 2.05) is 0 Å². The van der Waals surface area contributed by atoms with Crippen LogP contribution in [0.25, 0.3) is 0 Å². The van der Waals surface area contributed by atoms with Gasteiger partial charge < -0.3 is 29.0 Å². The molecule has 32 heavy (non-hydrogen) atoms. The van der Waals surface area contributed by atoms with Gasteiger partial charge in [-0.25, -0.2) is 0 Å². The molecule has 0 saturated carbocycles. The Balaban J connectivity index is 2.43. The molecule has 1 aromatic carbocycles. The average molecular weight is 451 g/mol. The van der Waals surface area contributed by atoms with E-state index in [1.165, 1.54) is 38.1 Å². The fraction of sp³-hybridized carbons (Fsp3) is 0.476. The number of amides is 1. The van der Waals surface area contributed by atoms with E-state index in [-0.39, 0.29) is 12.4 Å². The maximum absolute atomic E-state index is 11.9. The van der Waals surface area contributed by atoms with Crippen molar-refractivity contribution in [2.24, 2.45) is 0 Å². The van der Waals surface area contributed by atoms with Crippen LogP contribution < -0.4 is 10.1 Å². The van der Waals surface area contributed by atoms with Crippen molar-refractivity contribution >= 4 is 30.1 Å². The molecule has 11 heteroatoms. The van der Waals surface area contributed by atoms with Crippen molar-refractivity contribution in [1.29, 1.82) is 0 Å². The topological polar surface area (TPSA) is 144 Å². The summed E-state index contributed by atoms with van der Waals surface area (Å²) in [6.45, 7) is 4.41. The van der Waals surface area contributed by atoms with Crippen LogP contribution >= 0.6 is 0 Å². The zero-order valence-corrected chi connectivity index (χ0v) is 18.1. The first kappa shape index (κ1) is 24.8. The number of ether oxygens (including phenoxy) is 5. The van der Waals surface area contributed by atoms with E-state index >= 15 is 0 Å². The molecule has 1 N–H and O–H groups in total. The minimum Gasteiger partial charge on any atom is -0.463 e. The van der Waals surface area contributed by atoms with Crippen LogP contribution in [0.2, 0.25) is 0 Å². The number of aldehydes is 1. The van der Waals surface area contributed by atoms with Gasteiger partial charge in [0, 0.05) is 33.3 Å². The maximum atomic E-state index is 11.9. The van der Waals surface area contributed by atoms with Crippen LogP contribution in [0.3, 0.4) is 0 Å². The normalized spacial score (nSPS) is 24.6. The molecule has 174 valence electrons. The van der Waals surface area contributed by atoms with E-state index in [1.54, 1.807) is 0 Å². The third-order valence-electron chi connectivity index (χ3n) is 4.34. The summed E-state index contributed by atoms with van der Waals surface area (Å²) < 4.78 is 27.4. The first-order valence-electron chi connectivity index (χ1n) is 9.73. The molecule has 1 fully saturated rings. The fourth-order valence-electron chi connectivity index (χ4n) is 3.15. The molecule has 11 nitrogen and oxygen atoms in total. The monoisotopic (exact) mass is 451 g/mol. The summed E-state index contributed by atoms with van der Waals surface area (Å²) in [5.41, 5.74) is 0.417. The van der Waals surface area contributed by atoms with Crippen molar-refractivity contribution in [2.45, 2.75) is 58.3 Å². The maximum Gasteiger partial charge on any atom is 0.303 e. The van der Waals surface area contributed by atoms with Gasteiger partial charge in [-0.15, -0.1) is 0 Å². The van der Waals surface area contributed by atoms with Crippen LogP contribution in [-0.2, 0) is 38.1 Å². The molecular weight excluding hydrogens is 426 g/mol. The van der Waals surface area contributed by atoms with Gasteiger partial charge in [-0.3, -0.25) is 24.0 Å². The van der Waals surface area contributed by atoms with Gasteiger partial charge in [0.2, 0.25) is 12.2 Å². The van der Waals surface area contributed by atoms with Crippen LogP contribution in [-0.4, -0.2) is 67.4 Å². The van der Waals surface area contributed by atoms with E-state index in [0.717, 1.165) is 13.8 Å². The van der Waals surface area contributed by atoms with E-state index in [9.17, 15) is 24.0 Å². The Kier molecular flexibility index (Phi) is 8.71. The Bertz CT molecular complexity index is 853. The van der Waals surface area contributed by atoms with E-state index in [0.29, 0.717) is 11.8 Å². The Hall–Kier alpha value is -3.47. The van der Waals surface area contributed by atoms with E-state index in [2.05, 4.69) is 5.32 Å². The SMILES string of the molecule is CC(=O)N[C@@H]1[C@H](Oc2ccc(C=O)cc2)O[C@H](COC(C)=O)[C@H](OC(C)=O)[C@@H]1OC(C)=O. The number of carbonyl (C=O) groups excluding carboxylic acids is 5. The van der Waals surface area contributed by atoms with Gasteiger partial charge in [-0.2, -0.15) is 0 Å². The molecule has 5 atom stereocenters. The Labute approximate surface area is 184 Å². The Morgan fingerprint density at radius 3 is 2.03 bits per heavy atom. The second kappa shape index (κ2) is 11.2. The largest absolute Gasteiger partial charge is 0.463 e. The van der Waals surface area contributed by atoms with Gasteiger partial charge in [0.1, 0.15) is 30.8 Å². The Morgan fingerprint density at radius 1 is 0.938 bits per heavy atom. The molecule has 0 aliphatic carbocycles. The summed E-state index contributed by atoms with van der Waals surface area (Å²) in [7, 11) is 0. The highest BCUT2D eigenvalue weighted by molar-refractivity contribution is 5.75. The summed E-state index contributed by atoms with van der Waals surface area (Å²) in [5, 5.41) is 2.60.